The summed E-state index contributed by atoms with van der Waals surface area (Å²) in [6, 6.07) is 2.58. The summed E-state index contributed by atoms with van der Waals surface area (Å²) in [5.41, 5.74) is 4.54. The molecule has 0 saturated carbocycles. The van der Waals surface area contributed by atoms with Crippen molar-refractivity contribution in [3.63, 3.8) is 0 Å². The summed E-state index contributed by atoms with van der Waals surface area (Å²) in [5, 5.41) is 2.38. The lowest BCUT2D eigenvalue weighted by Gasteiger charge is -2.26. The van der Waals surface area contributed by atoms with Crippen molar-refractivity contribution in [1.82, 2.24) is 14.9 Å². The van der Waals surface area contributed by atoms with E-state index in [0.717, 1.165) is 56.2 Å². The smallest absolute Gasteiger partial charge is 0.277 e. The fourth-order valence-electron chi connectivity index (χ4n) is 2.85. The molecule has 2 heterocycles. The Morgan fingerprint density at radius 3 is 2.59 bits per heavy atom. The van der Waals surface area contributed by atoms with Crippen LogP contribution in [0.2, 0.25) is 0 Å². The Kier molecular flexibility index (Phi) is 6.47. The van der Waals surface area contributed by atoms with E-state index in [0.29, 0.717) is 6.07 Å². The minimum atomic E-state index is -1.19. The highest BCUT2D eigenvalue weighted by molar-refractivity contribution is 7.99. The van der Waals surface area contributed by atoms with Gasteiger partial charge in [-0.05, 0) is 37.5 Å². The third-order valence-electron chi connectivity index (χ3n) is 4.39. The number of benzene rings is 1. The van der Waals surface area contributed by atoms with E-state index in [1.807, 2.05) is 0 Å². The van der Waals surface area contributed by atoms with Gasteiger partial charge in [-0.3, -0.25) is 19.4 Å². The van der Waals surface area contributed by atoms with Crippen molar-refractivity contribution in [1.29, 1.82) is 0 Å². The van der Waals surface area contributed by atoms with Crippen LogP contribution in [0.5, 0.6) is 0 Å². The summed E-state index contributed by atoms with van der Waals surface area (Å²) >= 11 is 1.04. The summed E-state index contributed by atoms with van der Waals surface area (Å²) < 4.78 is 26.3. The Morgan fingerprint density at radius 2 is 1.93 bits per heavy atom. The molecular formula is C18H19F2N5O3S. The van der Waals surface area contributed by atoms with Gasteiger partial charge in [-0.1, -0.05) is 11.8 Å². The van der Waals surface area contributed by atoms with Crippen molar-refractivity contribution in [3.05, 3.63) is 45.8 Å². The fourth-order valence-corrected chi connectivity index (χ4v) is 3.62. The lowest BCUT2D eigenvalue weighted by molar-refractivity contribution is -0.129. The zero-order chi connectivity index (χ0) is 21.0. The summed E-state index contributed by atoms with van der Waals surface area (Å²) in [4.78, 5) is 44.8. The third-order valence-corrected chi connectivity index (χ3v) is 5.25. The van der Waals surface area contributed by atoms with Gasteiger partial charge in [0, 0.05) is 18.7 Å². The number of nitrogens with two attached hydrogens (primary N) is 1. The molecule has 3 rings (SSSR count). The lowest BCUT2D eigenvalue weighted by atomic mass is 10.1. The molecular weight excluding hydrogens is 404 g/mol. The van der Waals surface area contributed by atoms with Crippen LogP contribution < -0.4 is 16.6 Å². The highest BCUT2D eigenvalue weighted by Gasteiger charge is 2.19. The first-order valence-corrected chi connectivity index (χ1v) is 9.90. The van der Waals surface area contributed by atoms with E-state index < -0.39 is 23.1 Å². The molecule has 1 aliphatic heterocycles. The van der Waals surface area contributed by atoms with Crippen LogP contribution in [0.3, 0.4) is 0 Å². The van der Waals surface area contributed by atoms with E-state index in [2.05, 4.69) is 15.3 Å². The average molecular weight is 423 g/mol. The minimum Gasteiger partial charge on any atom is -0.382 e. The molecule has 1 saturated heterocycles. The first-order chi connectivity index (χ1) is 13.8. The summed E-state index contributed by atoms with van der Waals surface area (Å²) in [6.07, 6.45) is 3.07. The number of aromatic amines is 1. The van der Waals surface area contributed by atoms with Crippen LogP contribution >= 0.6 is 11.8 Å². The molecule has 11 heteroatoms. The van der Waals surface area contributed by atoms with Crippen molar-refractivity contribution < 1.29 is 18.4 Å². The molecule has 8 nitrogen and oxygen atoms in total. The highest BCUT2D eigenvalue weighted by Crippen LogP contribution is 2.19. The highest BCUT2D eigenvalue weighted by atomic mass is 32.2. The Morgan fingerprint density at radius 1 is 1.21 bits per heavy atom. The van der Waals surface area contributed by atoms with Gasteiger partial charge in [-0.25, -0.2) is 13.8 Å². The van der Waals surface area contributed by atoms with Gasteiger partial charge in [0.2, 0.25) is 5.91 Å². The Hall–Kier alpha value is -2.95. The van der Waals surface area contributed by atoms with Crippen LogP contribution in [-0.2, 0) is 4.79 Å². The monoisotopic (exact) mass is 423 g/mol. The number of thioether (sulfide) groups is 1. The molecule has 1 aromatic heterocycles. The number of amides is 2. The largest absolute Gasteiger partial charge is 0.382 e. The SMILES string of the molecule is Nc1nc(SCC(=O)N2CCCCC2)[nH]c(=O)c1NC(=O)c1ccc(F)c(F)c1. The van der Waals surface area contributed by atoms with Crippen molar-refractivity contribution in [2.75, 3.05) is 29.9 Å². The Labute approximate surface area is 168 Å². The zero-order valence-corrected chi connectivity index (χ0v) is 16.2. The van der Waals surface area contributed by atoms with Gasteiger partial charge < -0.3 is 16.0 Å². The second kappa shape index (κ2) is 9.03. The molecule has 0 aliphatic carbocycles. The third kappa shape index (κ3) is 5.11. The zero-order valence-electron chi connectivity index (χ0n) is 15.3. The van der Waals surface area contributed by atoms with Gasteiger partial charge in [-0.2, -0.15) is 0 Å². The molecule has 4 N–H and O–H groups in total. The van der Waals surface area contributed by atoms with Gasteiger partial charge in [0.1, 0.15) is 5.69 Å². The van der Waals surface area contributed by atoms with E-state index in [4.69, 9.17) is 5.73 Å². The van der Waals surface area contributed by atoms with Gasteiger partial charge in [0.15, 0.2) is 22.6 Å². The van der Waals surface area contributed by atoms with Crippen LogP contribution in [0, 0.1) is 11.6 Å². The van der Waals surface area contributed by atoms with Gasteiger partial charge in [-0.15, -0.1) is 0 Å². The number of likely N-dealkylation sites (tertiary alicyclic amines) is 1. The number of nitrogens with zero attached hydrogens (tertiary/aromatic N) is 2. The molecule has 29 heavy (non-hydrogen) atoms. The number of aromatic nitrogens is 2. The van der Waals surface area contributed by atoms with Crippen LogP contribution in [-0.4, -0.2) is 45.5 Å². The van der Waals surface area contributed by atoms with E-state index in [1.165, 1.54) is 0 Å². The number of nitrogen functional groups attached to an aromatic ring is 1. The van der Waals surface area contributed by atoms with Gasteiger partial charge in [0.25, 0.3) is 11.5 Å². The number of hydrogen-bond donors (Lipinski definition) is 3. The molecule has 0 radical (unpaired) electrons. The number of H-pyrrole nitrogens is 1. The fraction of sp³-hybridized carbons (Fsp3) is 0.333. The second-order valence-electron chi connectivity index (χ2n) is 6.44. The van der Waals surface area contributed by atoms with Crippen molar-refractivity contribution in [2.24, 2.45) is 0 Å². The lowest BCUT2D eigenvalue weighted by Crippen LogP contribution is -2.36. The van der Waals surface area contributed by atoms with Crippen LogP contribution in [0.25, 0.3) is 0 Å². The first kappa shape index (κ1) is 20.8. The number of carbonyl (C=O) groups excluding carboxylic acids is 2. The number of carbonyl (C=O) groups is 2. The predicted octanol–water partition coefficient (Wildman–Crippen LogP) is 1.99. The number of hydrogen-bond acceptors (Lipinski definition) is 6. The maximum atomic E-state index is 13.3. The maximum absolute atomic E-state index is 13.3. The maximum Gasteiger partial charge on any atom is 0.277 e. The van der Waals surface area contributed by atoms with Gasteiger partial charge >= 0.3 is 0 Å². The molecule has 0 spiro atoms. The van der Waals surface area contributed by atoms with E-state index >= 15 is 0 Å². The topological polar surface area (TPSA) is 121 Å². The van der Waals surface area contributed by atoms with Crippen molar-refractivity contribution in [2.45, 2.75) is 24.4 Å². The number of halogens is 2. The first-order valence-electron chi connectivity index (χ1n) is 8.92. The molecule has 0 unspecified atom stereocenters. The van der Waals surface area contributed by atoms with E-state index in [9.17, 15) is 23.2 Å². The average Bonchev–Trinajstić information content (AvgIpc) is 2.71. The van der Waals surface area contributed by atoms with Crippen molar-refractivity contribution in [3.8, 4) is 0 Å². The summed E-state index contributed by atoms with van der Waals surface area (Å²) in [7, 11) is 0. The van der Waals surface area contributed by atoms with Gasteiger partial charge in [0.05, 0.1) is 5.75 Å². The molecule has 2 amide bonds. The molecule has 0 atom stereocenters. The van der Waals surface area contributed by atoms with Crippen LogP contribution in [0.1, 0.15) is 29.6 Å². The molecule has 0 bridgehead atoms. The predicted molar refractivity (Wildman–Crippen MR) is 105 cm³/mol. The van der Waals surface area contributed by atoms with Crippen molar-refractivity contribution >= 4 is 35.1 Å². The number of anilines is 2. The molecule has 1 aromatic carbocycles. The molecule has 1 aliphatic rings. The molecule has 1 fully saturated rings. The summed E-state index contributed by atoms with van der Waals surface area (Å²) in [5.74, 6) is -3.33. The second-order valence-corrected chi connectivity index (χ2v) is 7.41. The van der Waals surface area contributed by atoms with E-state index in [-0.39, 0.29) is 33.9 Å². The van der Waals surface area contributed by atoms with Crippen LogP contribution in [0.4, 0.5) is 20.3 Å². The number of nitrogens with one attached hydrogen (secondary N) is 2. The molecule has 2 aromatic rings. The van der Waals surface area contributed by atoms with E-state index in [1.54, 1.807) is 4.90 Å². The Bertz CT molecular complexity index is 992. The van der Waals surface area contributed by atoms with Crippen LogP contribution in [0.15, 0.2) is 28.2 Å². The standard InChI is InChI=1S/C18H19F2N5O3S/c19-11-5-4-10(8-12(11)20)16(27)22-14-15(21)23-18(24-17(14)28)29-9-13(26)25-6-2-1-3-7-25/h4-5,8H,1-3,6-7,9H2,(H,22,27)(H3,21,23,24,28). The normalized spacial score (nSPS) is 13.9. The summed E-state index contributed by atoms with van der Waals surface area (Å²) in [6.45, 7) is 1.45. The minimum absolute atomic E-state index is 0.0494. The Balaban J connectivity index is 1.67. The quantitative estimate of drug-likeness (QED) is 0.500. The molecule has 154 valence electrons. The number of rotatable bonds is 5. The number of piperidine rings is 1.